The van der Waals surface area contributed by atoms with E-state index in [1.54, 1.807) is 19.2 Å². The predicted octanol–water partition coefficient (Wildman–Crippen LogP) is 5.66. The minimum absolute atomic E-state index is 0.238. The van der Waals surface area contributed by atoms with Gasteiger partial charge in [0.15, 0.2) is 6.10 Å². The van der Waals surface area contributed by atoms with Crippen LogP contribution in [0.4, 0.5) is 14.5 Å². The van der Waals surface area contributed by atoms with E-state index in [1.165, 1.54) is 36.4 Å². The molecule has 2 unspecified atom stereocenters. The number of ether oxygens (including phenoxy) is 3. The standard InChI is InChI=1S/C26H25F2NO4/c1-26(2)24(32-25(30)17-6-10-19(28)11-7-17)23(31-3)21-14-20(12-13-22(21)33-26)29-15-16-4-8-18(27)9-5-16/h4-14,23-24,29H,15H2,1-3H3. The molecule has 7 heteroatoms. The van der Waals surface area contributed by atoms with Crippen molar-refractivity contribution in [2.45, 2.75) is 38.2 Å². The summed E-state index contributed by atoms with van der Waals surface area (Å²) >= 11 is 0. The van der Waals surface area contributed by atoms with E-state index < -0.39 is 29.6 Å². The summed E-state index contributed by atoms with van der Waals surface area (Å²) in [7, 11) is 1.55. The van der Waals surface area contributed by atoms with Crippen molar-refractivity contribution < 1.29 is 27.8 Å². The summed E-state index contributed by atoms with van der Waals surface area (Å²) in [4.78, 5) is 12.7. The number of carbonyl (C=O) groups excluding carboxylic acids is 1. The number of hydrogen-bond donors (Lipinski definition) is 1. The number of benzene rings is 3. The molecule has 3 aromatic rings. The van der Waals surface area contributed by atoms with E-state index in [2.05, 4.69) is 5.32 Å². The molecule has 0 aromatic heterocycles. The molecule has 2 atom stereocenters. The molecule has 0 amide bonds. The van der Waals surface area contributed by atoms with Crippen molar-refractivity contribution in [3.8, 4) is 5.75 Å². The van der Waals surface area contributed by atoms with Gasteiger partial charge in [0.25, 0.3) is 0 Å². The maximum absolute atomic E-state index is 13.2. The highest BCUT2D eigenvalue weighted by atomic mass is 19.1. The van der Waals surface area contributed by atoms with Crippen molar-refractivity contribution in [3.63, 3.8) is 0 Å². The smallest absolute Gasteiger partial charge is 0.338 e. The van der Waals surface area contributed by atoms with Gasteiger partial charge in [-0.2, -0.15) is 0 Å². The Morgan fingerprint density at radius 2 is 1.64 bits per heavy atom. The molecule has 0 spiro atoms. The van der Waals surface area contributed by atoms with Gasteiger partial charge in [0.05, 0.1) is 5.56 Å². The maximum atomic E-state index is 13.2. The number of esters is 1. The van der Waals surface area contributed by atoms with Gasteiger partial charge in [-0.05, 0) is 74.0 Å². The first-order valence-electron chi connectivity index (χ1n) is 10.6. The van der Waals surface area contributed by atoms with E-state index in [9.17, 15) is 13.6 Å². The van der Waals surface area contributed by atoms with Crippen molar-refractivity contribution in [2.75, 3.05) is 12.4 Å². The lowest BCUT2D eigenvalue weighted by Gasteiger charge is -2.43. The highest BCUT2D eigenvalue weighted by molar-refractivity contribution is 5.89. The normalized spacial score (nSPS) is 18.7. The van der Waals surface area contributed by atoms with E-state index in [0.29, 0.717) is 12.3 Å². The van der Waals surface area contributed by atoms with E-state index in [-0.39, 0.29) is 11.4 Å². The van der Waals surface area contributed by atoms with Crippen molar-refractivity contribution in [3.05, 3.63) is 95.1 Å². The van der Waals surface area contributed by atoms with Gasteiger partial charge in [-0.1, -0.05) is 12.1 Å². The SMILES string of the molecule is COC1c2cc(NCc3ccc(F)cc3)ccc2OC(C)(C)C1OC(=O)c1ccc(F)cc1. The number of hydrogen-bond acceptors (Lipinski definition) is 5. The third kappa shape index (κ3) is 4.98. The second-order valence-electron chi connectivity index (χ2n) is 8.43. The second kappa shape index (κ2) is 9.19. The summed E-state index contributed by atoms with van der Waals surface area (Å²) in [5, 5.41) is 3.31. The maximum Gasteiger partial charge on any atom is 0.338 e. The van der Waals surface area contributed by atoms with Gasteiger partial charge in [0.2, 0.25) is 0 Å². The fourth-order valence-electron chi connectivity index (χ4n) is 3.87. The Balaban J connectivity index is 1.56. The zero-order valence-corrected chi connectivity index (χ0v) is 18.6. The first-order valence-corrected chi connectivity index (χ1v) is 10.6. The molecule has 33 heavy (non-hydrogen) atoms. The van der Waals surface area contributed by atoms with Crippen LogP contribution in [0.25, 0.3) is 0 Å². The Kier molecular flexibility index (Phi) is 6.33. The number of methoxy groups -OCH3 is 1. The lowest BCUT2D eigenvalue weighted by molar-refractivity contribution is -0.129. The lowest BCUT2D eigenvalue weighted by atomic mass is 9.87. The quantitative estimate of drug-likeness (QED) is 0.488. The number of rotatable bonds is 6. The molecule has 1 aliphatic heterocycles. The molecule has 1 heterocycles. The average Bonchev–Trinajstić information content (AvgIpc) is 2.79. The lowest BCUT2D eigenvalue weighted by Crippen LogP contribution is -2.51. The molecule has 4 rings (SSSR count). The molecule has 0 radical (unpaired) electrons. The van der Waals surface area contributed by atoms with Gasteiger partial charge in [-0.3, -0.25) is 0 Å². The summed E-state index contributed by atoms with van der Waals surface area (Å²) < 4.78 is 44.1. The Labute approximate surface area is 191 Å². The zero-order valence-electron chi connectivity index (χ0n) is 18.6. The minimum atomic E-state index is -0.869. The molecule has 5 nitrogen and oxygen atoms in total. The molecule has 0 saturated heterocycles. The number of carbonyl (C=O) groups is 1. The number of anilines is 1. The van der Waals surface area contributed by atoms with Gasteiger partial charge >= 0.3 is 5.97 Å². The molecular weight excluding hydrogens is 428 g/mol. The Bertz CT molecular complexity index is 1130. The largest absolute Gasteiger partial charge is 0.483 e. The number of fused-ring (bicyclic) bond motifs is 1. The second-order valence-corrected chi connectivity index (χ2v) is 8.43. The summed E-state index contributed by atoms with van der Waals surface area (Å²) in [6, 6.07) is 17.1. The van der Waals surface area contributed by atoms with Crippen LogP contribution in [0.2, 0.25) is 0 Å². The van der Waals surface area contributed by atoms with Gasteiger partial charge in [0, 0.05) is 24.9 Å². The first kappa shape index (κ1) is 22.7. The van der Waals surface area contributed by atoms with Crippen LogP contribution in [-0.4, -0.2) is 24.8 Å². The topological polar surface area (TPSA) is 56.8 Å². The van der Waals surface area contributed by atoms with Crippen LogP contribution in [0.1, 0.15) is 41.4 Å². The molecule has 0 aliphatic carbocycles. The molecular formula is C26H25F2NO4. The molecule has 0 bridgehead atoms. The van der Waals surface area contributed by atoms with Crippen molar-refractivity contribution in [2.24, 2.45) is 0 Å². The molecule has 1 aliphatic rings. The highest BCUT2D eigenvalue weighted by Crippen LogP contribution is 2.44. The number of halogens is 2. The van der Waals surface area contributed by atoms with Crippen LogP contribution in [0.5, 0.6) is 5.75 Å². The van der Waals surface area contributed by atoms with Gasteiger partial charge in [-0.15, -0.1) is 0 Å². The third-order valence-electron chi connectivity index (χ3n) is 5.63. The Hall–Kier alpha value is -3.45. The Morgan fingerprint density at radius 1 is 1.00 bits per heavy atom. The third-order valence-corrected chi connectivity index (χ3v) is 5.63. The van der Waals surface area contributed by atoms with Crippen molar-refractivity contribution in [1.29, 1.82) is 0 Å². The minimum Gasteiger partial charge on any atom is -0.483 e. The fourth-order valence-corrected chi connectivity index (χ4v) is 3.87. The van der Waals surface area contributed by atoms with Gasteiger partial charge in [-0.25, -0.2) is 13.6 Å². The van der Waals surface area contributed by atoms with E-state index in [0.717, 1.165) is 16.8 Å². The van der Waals surface area contributed by atoms with Crippen LogP contribution in [0.3, 0.4) is 0 Å². The van der Waals surface area contributed by atoms with Crippen molar-refractivity contribution >= 4 is 11.7 Å². The molecule has 3 aromatic carbocycles. The Morgan fingerprint density at radius 3 is 2.27 bits per heavy atom. The van der Waals surface area contributed by atoms with Crippen LogP contribution in [0, 0.1) is 11.6 Å². The zero-order chi connectivity index (χ0) is 23.6. The van der Waals surface area contributed by atoms with Gasteiger partial charge in [0.1, 0.15) is 29.1 Å². The highest BCUT2D eigenvalue weighted by Gasteiger charge is 2.47. The van der Waals surface area contributed by atoms with E-state index >= 15 is 0 Å². The van der Waals surface area contributed by atoms with Crippen molar-refractivity contribution in [1.82, 2.24) is 0 Å². The summed E-state index contributed by atoms with van der Waals surface area (Å²) in [5.41, 5.74) is 1.85. The van der Waals surface area contributed by atoms with E-state index in [1.807, 2.05) is 32.0 Å². The monoisotopic (exact) mass is 453 g/mol. The van der Waals surface area contributed by atoms with E-state index in [4.69, 9.17) is 14.2 Å². The van der Waals surface area contributed by atoms with Crippen LogP contribution >= 0.6 is 0 Å². The first-order chi connectivity index (χ1) is 15.8. The fraction of sp³-hybridized carbons (Fsp3) is 0.269. The summed E-state index contributed by atoms with van der Waals surface area (Å²) in [6.07, 6.45) is -1.33. The predicted molar refractivity (Wildman–Crippen MR) is 120 cm³/mol. The summed E-state index contributed by atoms with van der Waals surface area (Å²) in [6.45, 7) is 4.16. The molecule has 0 saturated carbocycles. The summed E-state index contributed by atoms with van der Waals surface area (Å²) in [5.74, 6) is -0.672. The molecule has 1 N–H and O–H groups in total. The average molecular weight is 453 g/mol. The van der Waals surface area contributed by atoms with Crippen LogP contribution in [-0.2, 0) is 16.0 Å². The van der Waals surface area contributed by atoms with Crippen LogP contribution < -0.4 is 10.1 Å². The number of nitrogens with one attached hydrogen (secondary N) is 1. The molecule has 0 fully saturated rings. The van der Waals surface area contributed by atoms with Gasteiger partial charge < -0.3 is 19.5 Å². The molecule has 172 valence electrons. The van der Waals surface area contributed by atoms with Crippen LogP contribution in [0.15, 0.2) is 66.7 Å².